The Hall–Kier alpha value is -2.96. The second-order valence-electron chi connectivity index (χ2n) is 6.72. The second-order valence-corrected chi connectivity index (χ2v) is 7.78. The van der Waals surface area contributed by atoms with Crippen LogP contribution in [0.2, 0.25) is 0 Å². The molecule has 0 unspecified atom stereocenters. The van der Waals surface area contributed by atoms with Gasteiger partial charge in [0, 0.05) is 11.4 Å². The number of nitrogens with zero attached hydrogens (tertiary/aromatic N) is 2. The van der Waals surface area contributed by atoms with Crippen LogP contribution in [0.3, 0.4) is 0 Å². The summed E-state index contributed by atoms with van der Waals surface area (Å²) in [4.78, 5) is 23.3. The van der Waals surface area contributed by atoms with E-state index in [1.54, 1.807) is 7.11 Å². The number of hydrogen-bond donors (Lipinski definition) is 1. The van der Waals surface area contributed by atoms with E-state index in [2.05, 4.69) is 27.0 Å². The molecule has 0 aliphatic carbocycles. The molecule has 0 fully saturated rings. The SMILES string of the molecule is COc1ccc(-c2cc3nc(CN(C)Cc4ccccc4)[nH]c(=O)c3s2)cc1. The minimum absolute atomic E-state index is 0.0853. The number of aromatic nitrogens is 2. The maximum absolute atomic E-state index is 12.6. The number of methoxy groups -OCH3 is 1. The molecular formula is C22H21N3O2S. The number of benzene rings is 2. The number of ether oxygens (including phenoxy) is 1. The zero-order chi connectivity index (χ0) is 19.5. The fraction of sp³-hybridized carbons (Fsp3) is 0.182. The Labute approximate surface area is 167 Å². The standard InChI is InChI=1S/C22H21N3O2S/c1-25(13-15-6-4-3-5-7-15)14-20-23-18-12-19(28-21(18)22(26)24-20)16-8-10-17(27-2)11-9-16/h3-12H,13-14H2,1-2H3,(H,23,24,26). The molecule has 0 amide bonds. The van der Waals surface area contributed by atoms with Crippen molar-refractivity contribution in [3.63, 3.8) is 0 Å². The maximum atomic E-state index is 12.6. The molecule has 1 N–H and O–H groups in total. The van der Waals surface area contributed by atoms with Gasteiger partial charge in [-0.2, -0.15) is 0 Å². The van der Waals surface area contributed by atoms with Crippen molar-refractivity contribution < 1.29 is 4.74 Å². The van der Waals surface area contributed by atoms with E-state index in [-0.39, 0.29) is 5.56 Å². The van der Waals surface area contributed by atoms with Crippen molar-refractivity contribution >= 4 is 21.6 Å². The summed E-state index contributed by atoms with van der Waals surface area (Å²) in [5.41, 5.74) is 2.93. The molecule has 5 nitrogen and oxygen atoms in total. The second kappa shape index (κ2) is 7.96. The summed E-state index contributed by atoms with van der Waals surface area (Å²) in [5, 5.41) is 0. The molecule has 4 rings (SSSR count). The van der Waals surface area contributed by atoms with Crippen LogP contribution in [0.5, 0.6) is 5.75 Å². The molecule has 0 aliphatic heterocycles. The van der Waals surface area contributed by atoms with Gasteiger partial charge in [-0.15, -0.1) is 11.3 Å². The Morgan fingerprint density at radius 3 is 2.54 bits per heavy atom. The molecule has 0 radical (unpaired) electrons. The van der Waals surface area contributed by atoms with Gasteiger partial charge in [-0.25, -0.2) is 4.98 Å². The van der Waals surface area contributed by atoms with Gasteiger partial charge in [-0.1, -0.05) is 30.3 Å². The molecule has 0 spiro atoms. The molecule has 0 bridgehead atoms. The first-order chi connectivity index (χ1) is 13.6. The summed E-state index contributed by atoms with van der Waals surface area (Å²) < 4.78 is 5.86. The van der Waals surface area contributed by atoms with Crippen molar-refractivity contribution in [1.29, 1.82) is 0 Å². The van der Waals surface area contributed by atoms with Gasteiger partial charge in [-0.3, -0.25) is 9.69 Å². The average molecular weight is 391 g/mol. The first-order valence-corrected chi connectivity index (χ1v) is 9.83. The van der Waals surface area contributed by atoms with E-state index in [1.807, 2.05) is 55.6 Å². The number of hydrogen-bond acceptors (Lipinski definition) is 5. The molecule has 6 heteroatoms. The van der Waals surface area contributed by atoms with Gasteiger partial charge < -0.3 is 9.72 Å². The molecule has 28 heavy (non-hydrogen) atoms. The molecular weight excluding hydrogens is 370 g/mol. The number of H-pyrrole nitrogens is 1. The molecule has 0 saturated carbocycles. The van der Waals surface area contributed by atoms with Crippen LogP contribution in [0.25, 0.3) is 20.7 Å². The van der Waals surface area contributed by atoms with Gasteiger partial charge in [0.15, 0.2) is 0 Å². The Morgan fingerprint density at radius 1 is 1.07 bits per heavy atom. The number of fused-ring (bicyclic) bond motifs is 1. The Morgan fingerprint density at radius 2 is 1.82 bits per heavy atom. The number of rotatable bonds is 6. The maximum Gasteiger partial charge on any atom is 0.268 e. The van der Waals surface area contributed by atoms with Crippen LogP contribution in [0.15, 0.2) is 65.5 Å². The monoisotopic (exact) mass is 391 g/mol. The third-order valence-corrected chi connectivity index (χ3v) is 5.69. The van der Waals surface area contributed by atoms with Crippen molar-refractivity contribution in [2.45, 2.75) is 13.1 Å². The van der Waals surface area contributed by atoms with Crippen molar-refractivity contribution in [3.8, 4) is 16.2 Å². The zero-order valence-electron chi connectivity index (χ0n) is 15.8. The highest BCUT2D eigenvalue weighted by Crippen LogP contribution is 2.31. The number of thiophene rings is 1. The first-order valence-electron chi connectivity index (χ1n) is 9.02. The van der Waals surface area contributed by atoms with Crippen LogP contribution >= 0.6 is 11.3 Å². The van der Waals surface area contributed by atoms with Crippen molar-refractivity contribution in [2.24, 2.45) is 0 Å². The molecule has 0 atom stereocenters. The largest absolute Gasteiger partial charge is 0.497 e. The quantitative estimate of drug-likeness (QED) is 0.533. The predicted octanol–water partition coefficient (Wildman–Crippen LogP) is 4.29. The number of aromatic amines is 1. The third kappa shape index (κ3) is 3.98. The summed E-state index contributed by atoms with van der Waals surface area (Å²) in [7, 11) is 3.67. The van der Waals surface area contributed by atoms with Crippen LogP contribution in [0.1, 0.15) is 11.4 Å². The highest BCUT2D eigenvalue weighted by atomic mass is 32.1. The van der Waals surface area contributed by atoms with Crippen LogP contribution in [-0.2, 0) is 13.1 Å². The molecule has 4 aromatic rings. The van der Waals surface area contributed by atoms with Gasteiger partial charge in [-0.05, 0) is 48.5 Å². The Kier molecular flexibility index (Phi) is 5.23. The first kappa shape index (κ1) is 18.4. The van der Waals surface area contributed by atoms with Crippen LogP contribution in [-0.4, -0.2) is 29.0 Å². The van der Waals surface area contributed by atoms with E-state index >= 15 is 0 Å². The lowest BCUT2D eigenvalue weighted by Crippen LogP contribution is -2.21. The van der Waals surface area contributed by atoms with E-state index in [0.717, 1.165) is 28.3 Å². The average Bonchev–Trinajstić information content (AvgIpc) is 3.13. The molecule has 142 valence electrons. The van der Waals surface area contributed by atoms with Crippen molar-refractivity contribution in [2.75, 3.05) is 14.2 Å². The van der Waals surface area contributed by atoms with Crippen LogP contribution < -0.4 is 10.3 Å². The fourth-order valence-electron chi connectivity index (χ4n) is 3.17. The van der Waals surface area contributed by atoms with Gasteiger partial charge in [0.25, 0.3) is 5.56 Å². The molecule has 0 saturated heterocycles. The molecule has 2 aromatic heterocycles. The lowest BCUT2D eigenvalue weighted by molar-refractivity contribution is 0.311. The van der Waals surface area contributed by atoms with E-state index in [9.17, 15) is 4.79 Å². The van der Waals surface area contributed by atoms with Crippen LogP contribution in [0, 0.1) is 0 Å². The highest BCUT2D eigenvalue weighted by Gasteiger charge is 2.12. The Balaban J connectivity index is 1.58. The smallest absolute Gasteiger partial charge is 0.268 e. The minimum Gasteiger partial charge on any atom is -0.497 e. The summed E-state index contributed by atoms with van der Waals surface area (Å²) in [6, 6.07) is 20.1. The van der Waals surface area contributed by atoms with E-state index in [4.69, 9.17) is 4.74 Å². The summed E-state index contributed by atoms with van der Waals surface area (Å²) in [6.07, 6.45) is 0. The normalized spacial score (nSPS) is 11.2. The summed E-state index contributed by atoms with van der Waals surface area (Å²) in [6.45, 7) is 1.37. The summed E-state index contributed by atoms with van der Waals surface area (Å²) in [5.74, 6) is 1.49. The Bertz CT molecular complexity index is 1130. The predicted molar refractivity (Wildman–Crippen MR) is 114 cm³/mol. The zero-order valence-corrected chi connectivity index (χ0v) is 16.6. The summed E-state index contributed by atoms with van der Waals surface area (Å²) >= 11 is 1.46. The van der Waals surface area contributed by atoms with Crippen molar-refractivity contribution in [3.05, 3.63) is 82.4 Å². The van der Waals surface area contributed by atoms with Gasteiger partial charge in [0.2, 0.25) is 0 Å². The van der Waals surface area contributed by atoms with E-state index < -0.39 is 0 Å². The lowest BCUT2D eigenvalue weighted by atomic mass is 10.2. The van der Waals surface area contributed by atoms with Gasteiger partial charge in [0.1, 0.15) is 16.3 Å². The minimum atomic E-state index is -0.0853. The van der Waals surface area contributed by atoms with Gasteiger partial charge >= 0.3 is 0 Å². The van der Waals surface area contributed by atoms with Crippen LogP contribution in [0.4, 0.5) is 0 Å². The lowest BCUT2D eigenvalue weighted by Gasteiger charge is -2.15. The molecule has 2 aromatic carbocycles. The van der Waals surface area contributed by atoms with E-state index in [0.29, 0.717) is 17.1 Å². The van der Waals surface area contributed by atoms with E-state index in [1.165, 1.54) is 16.9 Å². The fourth-order valence-corrected chi connectivity index (χ4v) is 4.16. The third-order valence-electron chi connectivity index (χ3n) is 4.52. The van der Waals surface area contributed by atoms with Gasteiger partial charge in [0.05, 0.1) is 19.2 Å². The number of nitrogens with one attached hydrogen (secondary N) is 1. The molecule has 2 heterocycles. The topological polar surface area (TPSA) is 58.2 Å². The highest BCUT2D eigenvalue weighted by molar-refractivity contribution is 7.22. The molecule has 0 aliphatic rings. The van der Waals surface area contributed by atoms with Crippen molar-refractivity contribution in [1.82, 2.24) is 14.9 Å².